The van der Waals surface area contributed by atoms with E-state index in [4.69, 9.17) is 31.9 Å². The average Bonchev–Trinajstić information content (AvgIpc) is 1.09. The van der Waals surface area contributed by atoms with Crippen LogP contribution in [0.3, 0.4) is 0 Å². The number of hydrogen-bond acceptors (Lipinski definition) is 16. The zero-order valence-electron chi connectivity index (χ0n) is 73.4. The standard InChI is InChI=1S/C47H59ClN6O5.C23H37N3.C15H24O2.C14H13N3O/c1-6-10-13-15-33-18-23-44(34(27-33)16-14-11-7-2)59-45(17-12-8-3)46(57)52-41-30-43(56)42(53-47(58)50-36-20-19-35(31-49)38(48)28-36)29-40(41)51-39-22-21-37(26-32(39)5)54(9-4)24-25-55;1-3-4-5-6-7-8-9-10-11-12-13-14-15-16-19-26(2)20-17-18-23(21-24)22-25;1-3-4-5-6-7-8-9-13-11-14(16)12(2)10-15(13)17;1-9-7-10(2)14(18)13(8-9)17-15-11-5-3-4-6-12(11)16-17/h18-23,26-30,45,55H,6-17,24-25H2,1-5H3,(H,52,57)(H2,50,53,58);20H,3-16,19H2,1-2H3;10-11,16-17H,3-9H2,1-2H3;3-8,18H,1-2H3. The Morgan fingerprint density at radius 2 is 1.18 bits per heavy atom. The number of amides is 3. The summed E-state index contributed by atoms with van der Waals surface area (Å²) < 4.78 is 6.59. The molecule has 7 N–H and O–H groups in total. The first-order chi connectivity index (χ1) is 58.1. The van der Waals surface area contributed by atoms with Crippen LogP contribution >= 0.6 is 11.6 Å². The van der Waals surface area contributed by atoms with Gasteiger partial charge in [0.15, 0.2) is 11.7 Å². The van der Waals surface area contributed by atoms with Crippen molar-refractivity contribution in [3.63, 3.8) is 0 Å². The zero-order chi connectivity index (χ0) is 87.4. The lowest BCUT2D eigenvalue weighted by Gasteiger charge is -2.24. The molecule has 0 bridgehead atoms. The number of hydrogen-bond donors (Lipinski definition) is 7. The fourth-order valence-corrected chi connectivity index (χ4v) is 14.0. The summed E-state index contributed by atoms with van der Waals surface area (Å²) >= 11 is 6.16. The fraction of sp³-hybridized carbons (Fsp3) is 0.485. The van der Waals surface area contributed by atoms with E-state index >= 15 is 0 Å². The molecule has 7 aromatic rings. The maximum atomic E-state index is 14.3. The van der Waals surface area contributed by atoms with Gasteiger partial charge < -0.3 is 50.9 Å². The number of halogens is 1. The van der Waals surface area contributed by atoms with Gasteiger partial charge in [-0.25, -0.2) is 9.79 Å². The van der Waals surface area contributed by atoms with Crippen LogP contribution in [-0.2, 0) is 28.9 Å². The minimum Gasteiger partial charge on any atom is -0.508 e. The Morgan fingerprint density at radius 3 is 1.76 bits per heavy atom. The number of aromatic hydroxyl groups is 3. The van der Waals surface area contributed by atoms with Crippen LogP contribution in [0.4, 0.5) is 21.9 Å². The highest BCUT2D eigenvalue weighted by Gasteiger charge is 2.28. The minimum absolute atomic E-state index is 0.0126. The van der Waals surface area contributed by atoms with Crippen molar-refractivity contribution in [3.8, 4) is 46.9 Å². The number of aliphatic imine (C=N–C) groups is 1. The Balaban J connectivity index is 0.000000340. The predicted molar refractivity (Wildman–Crippen MR) is 489 cm³/mol. The maximum Gasteiger partial charge on any atom is 0.323 e. The van der Waals surface area contributed by atoms with Gasteiger partial charge >= 0.3 is 6.03 Å². The second-order valence-corrected chi connectivity index (χ2v) is 31.4. The van der Waals surface area contributed by atoms with Crippen molar-refractivity contribution in [1.82, 2.24) is 30.5 Å². The molecule has 0 fully saturated rings. The highest BCUT2D eigenvalue weighted by molar-refractivity contribution is 6.32. The van der Waals surface area contributed by atoms with Gasteiger partial charge in [0.05, 0.1) is 46.2 Å². The second kappa shape index (κ2) is 57.3. The maximum absolute atomic E-state index is 14.3. The predicted octanol–water partition coefficient (Wildman–Crippen LogP) is 23.5. The molecule has 1 aliphatic rings. The largest absolute Gasteiger partial charge is 0.508 e. The van der Waals surface area contributed by atoms with Crippen molar-refractivity contribution in [2.45, 2.75) is 281 Å². The van der Waals surface area contributed by atoms with Crippen LogP contribution in [0.25, 0.3) is 16.7 Å². The van der Waals surface area contributed by atoms with E-state index in [9.17, 15) is 40.1 Å². The molecular formula is C99H133ClN12O8. The average molecular weight is 1650 g/mol. The lowest BCUT2D eigenvalue weighted by Crippen LogP contribution is -2.41. The van der Waals surface area contributed by atoms with Crippen LogP contribution in [0, 0.1) is 61.7 Å². The molecule has 0 saturated heterocycles. The number of rotatable bonds is 46. The summed E-state index contributed by atoms with van der Waals surface area (Å²) in [5, 5.41) is 82.5. The van der Waals surface area contributed by atoms with Crippen molar-refractivity contribution < 1.29 is 39.5 Å². The number of nitriles is 3. The number of carbonyl (C=O) groups excluding carboxylic acids is 3. The van der Waals surface area contributed by atoms with Crippen molar-refractivity contribution in [2.75, 3.05) is 43.5 Å². The number of allylic oxidation sites excluding steroid dienone is 3. The number of aliphatic hydroxyl groups excluding tert-OH is 1. The number of phenols is 3. The number of ether oxygens (including phenoxy) is 1. The Morgan fingerprint density at radius 1 is 0.592 bits per heavy atom. The molecule has 0 saturated carbocycles. The van der Waals surface area contributed by atoms with E-state index in [0.29, 0.717) is 48.1 Å². The van der Waals surface area contributed by atoms with Gasteiger partial charge in [-0.15, -0.1) is 15.0 Å². The van der Waals surface area contributed by atoms with E-state index in [0.717, 1.165) is 127 Å². The summed E-state index contributed by atoms with van der Waals surface area (Å²) in [4.78, 5) is 51.5. The molecule has 21 heteroatoms. The Kier molecular flexibility index (Phi) is 47.6. The number of likely N-dealkylation sites (N-methyl/N-ethyl adjacent to an activating group) is 1. The van der Waals surface area contributed by atoms with Crippen LogP contribution in [0.15, 0.2) is 155 Å². The number of aliphatic hydroxyl groups is 1. The van der Waals surface area contributed by atoms with Crippen LogP contribution in [-0.4, -0.2) is 103 Å². The van der Waals surface area contributed by atoms with Crippen molar-refractivity contribution >= 4 is 63.1 Å². The topological polar surface area (TPSA) is 298 Å². The number of nitrogens with zero attached hydrogens (tertiary/aromatic N) is 9. The third kappa shape index (κ3) is 36.4. The Hall–Kier alpha value is -10.9. The third-order valence-corrected chi connectivity index (χ3v) is 21.1. The summed E-state index contributed by atoms with van der Waals surface area (Å²) in [5.74, 6) is 0.549. The highest BCUT2D eigenvalue weighted by Crippen LogP contribution is 2.33. The number of aromatic nitrogens is 3. The molecule has 644 valence electrons. The van der Waals surface area contributed by atoms with Crippen molar-refractivity contribution in [1.29, 1.82) is 15.8 Å². The Labute approximate surface area is 720 Å². The number of carbonyl (C=O) groups is 3. The van der Waals surface area contributed by atoms with E-state index in [-0.39, 0.29) is 51.4 Å². The number of aryl methyl sites for hydroxylation is 7. The fourth-order valence-electron chi connectivity index (χ4n) is 13.7. The number of benzene rings is 6. The van der Waals surface area contributed by atoms with Gasteiger partial charge in [0.25, 0.3) is 5.91 Å². The molecule has 1 aliphatic carbocycles. The molecule has 1 unspecified atom stereocenters. The molecule has 120 heavy (non-hydrogen) atoms. The number of urea groups is 1. The molecule has 8 rings (SSSR count). The number of phenolic OH excluding ortho intramolecular Hbond substituents is 3. The molecule has 0 spiro atoms. The van der Waals surface area contributed by atoms with Crippen molar-refractivity contribution in [2.24, 2.45) is 4.99 Å². The molecule has 0 radical (unpaired) electrons. The molecule has 1 aromatic heterocycles. The molecule has 1 heterocycles. The van der Waals surface area contributed by atoms with E-state index in [1.165, 1.54) is 169 Å². The SMILES string of the molecule is CCCCCCCCCCCCCCCCN(C)C=C=C=C(C#N)C#N.CCCCCCCCc1cc(O)c(C)cc1O.CCCCCc1ccc(OC(CCCC)C(=O)NC2=CC(=O)C(NC(=O)Nc3ccc(C#N)c(Cl)c3)=CC2=Nc2ccc(N(CC)CCO)cc2C)c(CCCCC)c1.Cc1cc(C)c(O)c(-n2nc3ccccc3n2)c1. The van der Waals surface area contributed by atoms with Crippen LogP contribution in [0.1, 0.15) is 272 Å². The summed E-state index contributed by atoms with van der Waals surface area (Å²) in [6.45, 7) is 22.7. The molecular weight excluding hydrogens is 1520 g/mol. The lowest BCUT2D eigenvalue weighted by molar-refractivity contribution is -0.127. The van der Waals surface area contributed by atoms with Gasteiger partial charge in [-0.2, -0.15) is 15.8 Å². The Bertz CT molecular complexity index is 4650. The van der Waals surface area contributed by atoms with Crippen molar-refractivity contribution in [3.05, 3.63) is 199 Å². The molecule has 1 atom stereocenters. The first kappa shape index (κ1) is 99.7. The van der Waals surface area contributed by atoms with E-state index < -0.39 is 23.8 Å². The summed E-state index contributed by atoms with van der Waals surface area (Å²) in [6.07, 6.45) is 41.7. The number of nitrogens with one attached hydrogen (secondary N) is 3. The summed E-state index contributed by atoms with van der Waals surface area (Å²) in [6, 6.07) is 36.1. The van der Waals surface area contributed by atoms with E-state index in [1.54, 1.807) is 37.4 Å². The molecule has 0 aliphatic heterocycles. The minimum atomic E-state index is -0.843. The second-order valence-electron chi connectivity index (χ2n) is 31.0. The number of unbranched alkanes of at least 4 members (excludes halogenated alkanes) is 23. The van der Waals surface area contributed by atoms with E-state index in [2.05, 4.69) is 84.4 Å². The molecule has 3 amide bonds. The first-order valence-corrected chi connectivity index (χ1v) is 44.2. The monoisotopic (exact) mass is 1650 g/mol. The van der Waals surface area contributed by atoms with Gasteiger partial charge in [-0.05, 0) is 216 Å². The van der Waals surface area contributed by atoms with Gasteiger partial charge in [-0.3, -0.25) is 9.59 Å². The van der Waals surface area contributed by atoms with Gasteiger partial charge in [0.1, 0.15) is 57.9 Å². The summed E-state index contributed by atoms with van der Waals surface area (Å²) in [5.41, 5.74) is 16.6. The first-order valence-electron chi connectivity index (χ1n) is 43.8. The third-order valence-electron chi connectivity index (χ3n) is 20.8. The van der Waals surface area contributed by atoms with Crippen LogP contribution in [0.5, 0.6) is 23.0 Å². The summed E-state index contributed by atoms with van der Waals surface area (Å²) in [7, 11) is 1.98. The zero-order valence-corrected chi connectivity index (χ0v) is 74.2. The van der Waals surface area contributed by atoms with Gasteiger partial charge in [0.2, 0.25) is 5.78 Å². The van der Waals surface area contributed by atoms with Crippen LogP contribution < -0.4 is 25.6 Å². The lowest BCUT2D eigenvalue weighted by atomic mass is 10.00. The van der Waals surface area contributed by atoms with Gasteiger partial charge in [-0.1, -0.05) is 230 Å². The van der Waals surface area contributed by atoms with Gasteiger partial charge in [0, 0.05) is 44.1 Å². The normalized spacial score (nSPS) is 11.9. The van der Waals surface area contributed by atoms with Crippen LogP contribution in [0.2, 0.25) is 5.02 Å². The highest BCUT2D eigenvalue weighted by atomic mass is 35.5. The molecule has 20 nitrogen and oxygen atoms in total. The van der Waals surface area contributed by atoms with E-state index in [1.807, 2.05) is 111 Å². The number of fused-ring (bicyclic) bond motifs is 1. The molecule has 6 aromatic carbocycles. The smallest absolute Gasteiger partial charge is 0.323 e. The quantitative estimate of drug-likeness (QED) is 0.00613. The number of ketones is 1. The number of anilines is 2.